The van der Waals surface area contributed by atoms with E-state index in [1.54, 1.807) is 24.3 Å². The largest absolute Gasteiger partial charge is 0.293 e. The molecule has 1 unspecified atom stereocenters. The average Bonchev–Trinajstić information content (AvgIpc) is 3.66. The summed E-state index contributed by atoms with van der Waals surface area (Å²) in [5.74, 6) is -5.07. The van der Waals surface area contributed by atoms with Gasteiger partial charge < -0.3 is 0 Å². The molecular weight excluding hydrogens is 935 g/mol. The minimum absolute atomic E-state index is 0.000128. The molecule has 0 spiro atoms. The Hall–Kier alpha value is -3.97. The number of halogens is 7. The van der Waals surface area contributed by atoms with Crippen molar-refractivity contribution in [2.24, 2.45) is 0 Å². The zero-order chi connectivity index (χ0) is 42.6. The number of pyridine rings is 1. The van der Waals surface area contributed by atoms with Gasteiger partial charge in [0.2, 0.25) is 0 Å². The van der Waals surface area contributed by atoms with Gasteiger partial charge in [0, 0.05) is 27.0 Å². The van der Waals surface area contributed by atoms with Crippen LogP contribution in [0.15, 0.2) is 53.4 Å². The Morgan fingerprint density at radius 2 is 1.33 bits per heavy atom. The first-order chi connectivity index (χ1) is 28.7. The molecule has 1 atom stereocenters. The summed E-state index contributed by atoms with van der Waals surface area (Å²) in [6.07, 6.45) is 4.88. The standard InChI is InChI=1S/C43H24Cl7N3O6S/c1-2-3-14-60-39-32(47)26-25(29(44)35(39)50)37(54)24(38(26)55)21-12-11-18-17(15-52-40(56)19-8-4-6-16-7-5-9-20(23(16)19)41(52)57)10-13-22(36(18)51-21)53-42(58)27-28(43(53)59)31(46)34(49)33(48)30(27)45/h4,6,8-13,24H,2-3,5,7,14-15H2,1H3. The number of rotatable bonds is 8. The van der Waals surface area contributed by atoms with Crippen molar-refractivity contribution < 1.29 is 28.8 Å². The lowest BCUT2D eigenvalue weighted by molar-refractivity contribution is -0.123. The normalized spacial score (nSPS) is 16.9. The lowest BCUT2D eigenvalue weighted by atomic mass is 9.83. The number of ketones is 2. The highest BCUT2D eigenvalue weighted by molar-refractivity contribution is 7.99. The number of benzene rings is 4. The molecule has 2 aliphatic heterocycles. The number of Topliss-reactive ketones (excluding diaryl/α,β-unsaturated/α-hetero) is 2. The Bertz CT molecular complexity index is 2900. The molecule has 0 saturated heterocycles. The van der Waals surface area contributed by atoms with Crippen LogP contribution < -0.4 is 4.90 Å². The average molecular weight is 959 g/mol. The van der Waals surface area contributed by atoms with E-state index in [0.717, 1.165) is 28.2 Å². The van der Waals surface area contributed by atoms with E-state index >= 15 is 0 Å². The summed E-state index contributed by atoms with van der Waals surface area (Å²) in [6.45, 7) is 1.78. The third-order valence-corrected chi connectivity index (χ3v) is 15.5. The Morgan fingerprint density at radius 3 is 2.00 bits per heavy atom. The van der Waals surface area contributed by atoms with E-state index in [0.29, 0.717) is 45.8 Å². The minimum Gasteiger partial charge on any atom is -0.293 e. The molecule has 4 aromatic carbocycles. The van der Waals surface area contributed by atoms with Gasteiger partial charge in [0.25, 0.3) is 23.6 Å². The lowest BCUT2D eigenvalue weighted by Crippen LogP contribution is -2.42. The molecule has 9 nitrogen and oxygen atoms in total. The topological polar surface area (TPSA) is 122 Å². The first kappa shape index (κ1) is 41.4. The highest BCUT2D eigenvalue weighted by Gasteiger charge is 2.47. The van der Waals surface area contributed by atoms with Crippen molar-refractivity contribution in [3.05, 3.63) is 134 Å². The van der Waals surface area contributed by atoms with Gasteiger partial charge in [0.05, 0.1) is 80.9 Å². The zero-order valence-electron chi connectivity index (χ0n) is 30.8. The van der Waals surface area contributed by atoms with Crippen LogP contribution in [0.2, 0.25) is 35.2 Å². The van der Waals surface area contributed by atoms with Crippen molar-refractivity contribution >= 4 is 150 Å². The maximum Gasteiger partial charge on any atom is 0.267 e. The molecule has 2 aliphatic carbocycles. The third kappa shape index (κ3) is 6.01. The molecule has 4 aliphatic rings. The smallest absolute Gasteiger partial charge is 0.267 e. The fourth-order valence-electron chi connectivity index (χ4n) is 8.22. The van der Waals surface area contributed by atoms with Gasteiger partial charge in [-0.1, -0.05) is 125 Å². The quantitative estimate of drug-likeness (QED) is 0.0376. The molecule has 4 amide bonds. The molecule has 1 aromatic heterocycles. The summed E-state index contributed by atoms with van der Waals surface area (Å²) in [6, 6.07) is 11.3. The number of nitrogens with zero attached hydrogens (tertiary/aromatic N) is 3. The highest BCUT2D eigenvalue weighted by atomic mass is 35.5. The van der Waals surface area contributed by atoms with E-state index in [4.69, 9.17) is 86.2 Å². The van der Waals surface area contributed by atoms with Crippen LogP contribution in [0.5, 0.6) is 0 Å². The van der Waals surface area contributed by atoms with Gasteiger partial charge in [-0.25, -0.2) is 9.88 Å². The van der Waals surface area contributed by atoms with Crippen LogP contribution in [0.3, 0.4) is 0 Å². The molecule has 0 bridgehead atoms. The van der Waals surface area contributed by atoms with Crippen LogP contribution >= 0.6 is 93.0 Å². The number of hydrogen-bond donors (Lipinski definition) is 0. The molecule has 302 valence electrons. The molecule has 0 radical (unpaired) electrons. The second-order valence-corrected chi connectivity index (χ2v) is 18.2. The van der Waals surface area contributed by atoms with Crippen molar-refractivity contribution in [1.82, 2.24) is 9.88 Å². The number of allylic oxidation sites excluding steroid dienone is 1. The fourth-order valence-corrected chi connectivity index (χ4v) is 11.5. The van der Waals surface area contributed by atoms with Crippen LogP contribution in [-0.2, 0) is 17.8 Å². The summed E-state index contributed by atoms with van der Waals surface area (Å²) < 4.78 is 0. The van der Waals surface area contributed by atoms with Crippen molar-refractivity contribution in [1.29, 1.82) is 0 Å². The Kier molecular flexibility index (Phi) is 10.6. The van der Waals surface area contributed by atoms with E-state index in [2.05, 4.69) is 0 Å². The third-order valence-electron chi connectivity index (χ3n) is 11.1. The van der Waals surface area contributed by atoms with E-state index in [1.165, 1.54) is 23.9 Å². The minimum atomic E-state index is -1.54. The van der Waals surface area contributed by atoms with E-state index < -0.39 is 41.1 Å². The summed E-state index contributed by atoms with van der Waals surface area (Å²) in [7, 11) is 0. The van der Waals surface area contributed by atoms with Gasteiger partial charge in [0.15, 0.2) is 11.6 Å². The zero-order valence-corrected chi connectivity index (χ0v) is 36.9. The molecule has 60 heavy (non-hydrogen) atoms. The highest BCUT2D eigenvalue weighted by Crippen LogP contribution is 2.51. The van der Waals surface area contributed by atoms with Crippen molar-refractivity contribution in [3.8, 4) is 0 Å². The first-order valence-corrected chi connectivity index (χ1v) is 22.1. The first-order valence-electron chi connectivity index (χ1n) is 18.5. The van der Waals surface area contributed by atoms with E-state index in [-0.39, 0.29) is 86.2 Å². The van der Waals surface area contributed by atoms with E-state index in [9.17, 15) is 28.8 Å². The molecule has 0 N–H and O–H groups in total. The number of carbonyl (C=O) groups excluding carboxylic acids is 6. The maximum atomic E-state index is 14.3. The van der Waals surface area contributed by atoms with Gasteiger partial charge in [-0.2, -0.15) is 0 Å². The Balaban J connectivity index is 1.20. The number of fused-ring (bicyclic) bond motifs is 3. The van der Waals surface area contributed by atoms with Crippen LogP contribution in [0.4, 0.5) is 5.69 Å². The van der Waals surface area contributed by atoms with Crippen LogP contribution in [0, 0.1) is 0 Å². The van der Waals surface area contributed by atoms with Crippen LogP contribution in [-0.4, -0.2) is 50.8 Å². The number of hydrogen-bond acceptors (Lipinski definition) is 8. The number of imide groups is 2. The Labute approximate surface area is 380 Å². The second-order valence-electron chi connectivity index (χ2n) is 14.4. The molecule has 17 heteroatoms. The van der Waals surface area contributed by atoms with E-state index in [1.807, 2.05) is 19.1 Å². The predicted molar refractivity (Wildman–Crippen MR) is 235 cm³/mol. The van der Waals surface area contributed by atoms with Crippen molar-refractivity contribution in [2.75, 3.05) is 10.7 Å². The summed E-state index contributed by atoms with van der Waals surface area (Å²) >= 11 is 47.0. The van der Waals surface area contributed by atoms with Gasteiger partial charge in [-0.05, 0) is 54.3 Å². The van der Waals surface area contributed by atoms with Crippen molar-refractivity contribution in [2.45, 2.75) is 50.0 Å². The number of anilines is 1. The SMILES string of the molecule is CCCCSc1c(Cl)c(Cl)c2c(c1Cl)C(=O)C(c1ccc3c(CN4C(=O)C5=CCCc6cccc(c65)C4=O)ccc(N4C(=O)c5c(Cl)c(Cl)c(Cl)c(Cl)c5C4=O)c3n1)C2=O. The molecule has 3 heterocycles. The number of carbonyl (C=O) groups is 6. The Morgan fingerprint density at radius 1 is 0.683 bits per heavy atom. The van der Waals surface area contributed by atoms with Crippen molar-refractivity contribution in [3.63, 3.8) is 0 Å². The summed E-state index contributed by atoms with van der Waals surface area (Å²) in [5, 5.41) is -0.833. The molecule has 0 saturated carbocycles. The maximum absolute atomic E-state index is 14.3. The number of aromatic nitrogens is 1. The lowest BCUT2D eigenvalue weighted by Gasteiger charge is -2.32. The predicted octanol–water partition coefficient (Wildman–Crippen LogP) is 12.2. The van der Waals surface area contributed by atoms with Gasteiger partial charge >= 0.3 is 0 Å². The van der Waals surface area contributed by atoms with Gasteiger partial charge in [-0.3, -0.25) is 33.7 Å². The number of aryl methyl sites for hydroxylation is 1. The fraction of sp³-hybridized carbons (Fsp3) is 0.186. The summed E-state index contributed by atoms with van der Waals surface area (Å²) in [4.78, 5) is 92.1. The number of unbranched alkanes of at least 4 members (excludes halogenated alkanes) is 1. The molecular formula is C43H24Cl7N3O6S. The van der Waals surface area contributed by atoms with Gasteiger partial charge in [0.1, 0.15) is 5.92 Å². The summed E-state index contributed by atoms with van der Waals surface area (Å²) in [5.41, 5.74) is 1.75. The molecule has 5 aromatic rings. The number of thioether (sulfide) groups is 1. The monoisotopic (exact) mass is 955 g/mol. The molecule has 0 fully saturated rings. The van der Waals surface area contributed by atoms with Crippen LogP contribution in [0.25, 0.3) is 16.5 Å². The second kappa shape index (κ2) is 15.4. The molecule has 9 rings (SSSR count). The van der Waals surface area contributed by atoms with Crippen LogP contribution in [0.1, 0.15) is 106 Å². The van der Waals surface area contributed by atoms with Gasteiger partial charge in [-0.15, -0.1) is 11.8 Å². The number of amides is 4.